The van der Waals surface area contributed by atoms with Crippen LogP contribution in [0.1, 0.15) is 0 Å². The first-order valence-corrected chi connectivity index (χ1v) is 3.92. The standard InChI is InChI=1S/C8H5NO3/c10-5-3-1-2-4-6(5)7-9-8(4,11-7)12-9/h1-3,6-7H. The molecule has 60 valence electrons. The fraction of sp³-hybridized carbons (Fsp3) is 0.375. The van der Waals surface area contributed by atoms with Crippen molar-refractivity contribution >= 4 is 5.78 Å². The first-order valence-electron chi connectivity index (χ1n) is 3.92. The molecular formula is C8H5NO3. The number of carbonyl (C=O) groups excluding carboxylic acids is 1. The van der Waals surface area contributed by atoms with Crippen LogP contribution in [0.3, 0.4) is 0 Å². The molecule has 4 heteroatoms. The third-order valence-corrected chi connectivity index (χ3v) is 2.82. The number of nitrogens with zero attached hydrogens (tertiary/aromatic N) is 1. The Labute approximate surface area is 68.0 Å². The minimum absolute atomic E-state index is 0.0938. The summed E-state index contributed by atoms with van der Waals surface area (Å²) in [6.07, 6.45) is 5.12. The van der Waals surface area contributed by atoms with Crippen molar-refractivity contribution in [3.05, 3.63) is 23.8 Å². The summed E-state index contributed by atoms with van der Waals surface area (Å²) in [5.41, 5.74) is 0.972. The van der Waals surface area contributed by atoms with Gasteiger partial charge in [-0.3, -0.25) is 4.79 Å². The minimum Gasteiger partial charge on any atom is -0.308 e. The van der Waals surface area contributed by atoms with E-state index in [-0.39, 0.29) is 17.9 Å². The fourth-order valence-electron chi connectivity index (χ4n) is 2.22. The number of carbonyl (C=O) groups is 1. The van der Waals surface area contributed by atoms with Gasteiger partial charge in [-0.1, -0.05) is 17.2 Å². The zero-order valence-electron chi connectivity index (χ0n) is 6.06. The SMILES string of the molecule is O=C1C=CC=C2C1C1OC23ON13. The van der Waals surface area contributed by atoms with Crippen LogP contribution < -0.4 is 0 Å². The number of hydrogen-bond acceptors (Lipinski definition) is 4. The second-order valence-electron chi connectivity index (χ2n) is 3.37. The highest BCUT2D eigenvalue weighted by molar-refractivity contribution is 5.97. The zero-order chi connectivity index (χ0) is 7.92. The van der Waals surface area contributed by atoms with Crippen LogP contribution in [0.2, 0.25) is 0 Å². The zero-order valence-corrected chi connectivity index (χ0v) is 6.06. The Hall–Kier alpha value is -0.970. The van der Waals surface area contributed by atoms with E-state index >= 15 is 0 Å². The molecule has 0 aromatic rings. The van der Waals surface area contributed by atoms with Crippen LogP contribution in [0.15, 0.2) is 23.8 Å². The smallest absolute Gasteiger partial charge is 0.298 e. The Bertz CT molecular complexity index is 372. The van der Waals surface area contributed by atoms with Gasteiger partial charge in [-0.2, -0.15) is 0 Å². The maximum absolute atomic E-state index is 11.4. The van der Waals surface area contributed by atoms with E-state index in [2.05, 4.69) is 0 Å². The van der Waals surface area contributed by atoms with E-state index in [9.17, 15) is 4.79 Å². The lowest BCUT2D eigenvalue weighted by molar-refractivity contribution is -0.163. The molecule has 4 nitrogen and oxygen atoms in total. The molecule has 0 aromatic carbocycles. The third kappa shape index (κ3) is 0.346. The summed E-state index contributed by atoms with van der Waals surface area (Å²) in [6.45, 7) is 0. The average Bonchev–Trinajstić information content (AvgIpc) is 2.42. The van der Waals surface area contributed by atoms with Crippen molar-refractivity contribution in [1.29, 1.82) is 0 Å². The molecule has 0 aromatic heterocycles. The van der Waals surface area contributed by atoms with Gasteiger partial charge in [0.1, 0.15) is 0 Å². The number of ether oxygens (including phenoxy) is 1. The summed E-state index contributed by atoms with van der Waals surface area (Å²) in [4.78, 5) is 16.6. The van der Waals surface area contributed by atoms with Crippen LogP contribution in [0.25, 0.3) is 0 Å². The molecule has 4 atom stereocenters. The van der Waals surface area contributed by atoms with Crippen LogP contribution in [0.5, 0.6) is 0 Å². The van der Waals surface area contributed by atoms with Gasteiger partial charge in [0.25, 0.3) is 5.91 Å². The van der Waals surface area contributed by atoms with Gasteiger partial charge in [0.2, 0.25) is 0 Å². The van der Waals surface area contributed by atoms with Crippen molar-refractivity contribution in [3.8, 4) is 0 Å². The molecule has 4 aliphatic rings. The Morgan fingerprint density at radius 1 is 1.58 bits per heavy atom. The highest BCUT2D eigenvalue weighted by Crippen LogP contribution is 2.66. The van der Waals surface area contributed by atoms with Crippen molar-refractivity contribution in [2.24, 2.45) is 5.92 Å². The molecule has 2 bridgehead atoms. The molecule has 0 N–H and O–H groups in total. The molecule has 0 radical (unpaired) electrons. The van der Waals surface area contributed by atoms with Crippen molar-refractivity contribution in [2.75, 3.05) is 0 Å². The molecular weight excluding hydrogens is 158 g/mol. The highest BCUT2D eigenvalue weighted by atomic mass is 17.1. The molecule has 12 heavy (non-hydrogen) atoms. The van der Waals surface area contributed by atoms with Gasteiger partial charge >= 0.3 is 0 Å². The van der Waals surface area contributed by atoms with E-state index in [4.69, 9.17) is 9.57 Å². The van der Waals surface area contributed by atoms with E-state index in [1.54, 1.807) is 17.2 Å². The summed E-state index contributed by atoms with van der Waals surface area (Å²) >= 11 is 0. The van der Waals surface area contributed by atoms with E-state index in [0.29, 0.717) is 0 Å². The summed E-state index contributed by atoms with van der Waals surface area (Å²) in [6, 6.07) is 0. The van der Waals surface area contributed by atoms with Gasteiger partial charge in [-0.15, -0.1) is 0 Å². The van der Waals surface area contributed by atoms with Crippen LogP contribution in [-0.2, 0) is 14.4 Å². The van der Waals surface area contributed by atoms with Gasteiger partial charge < -0.3 is 4.74 Å². The topological polar surface area (TPSA) is 41.8 Å². The Morgan fingerprint density at radius 3 is 3.25 bits per heavy atom. The summed E-state index contributed by atoms with van der Waals surface area (Å²) in [7, 11) is 0. The van der Waals surface area contributed by atoms with E-state index < -0.39 is 5.91 Å². The number of allylic oxidation sites excluding steroid dienone is 3. The molecule has 3 fully saturated rings. The predicted molar refractivity (Wildman–Crippen MR) is 36.2 cm³/mol. The van der Waals surface area contributed by atoms with Crippen LogP contribution >= 0.6 is 0 Å². The Balaban J connectivity index is 1.95. The van der Waals surface area contributed by atoms with Gasteiger partial charge in [-0.05, 0) is 6.08 Å². The number of ketones is 1. The molecule has 0 spiro atoms. The minimum atomic E-state index is -0.601. The first-order chi connectivity index (χ1) is 5.83. The maximum atomic E-state index is 11.4. The quantitative estimate of drug-likeness (QED) is 0.469. The van der Waals surface area contributed by atoms with Crippen LogP contribution in [-0.4, -0.2) is 23.0 Å². The first kappa shape index (κ1) is 5.64. The summed E-state index contributed by atoms with van der Waals surface area (Å²) in [5, 5.41) is 1.74. The molecule has 3 aliphatic heterocycles. The lowest BCUT2D eigenvalue weighted by atomic mass is 9.93. The average molecular weight is 163 g/mol. The van der Waals surface area contributed by atoms with Gasteiger partial charge in [-0.25, -0.2) is 4.84 Å². The molecule has 3 heterocycles. The Morgan fingerprint density at radius 2 is 2.50 bits per heavy atom. The van der Waals surface area contributed by atoms with Crippen molar-refractivity contribution in [3.63, 3.8) is 0 Å². The largest absolute Gasteiger partial charge is 0.308 e. The molecule has 4 rings (SSSR count). The normalized spacial score (nSPS) is 57.2. The van der Waals surface area contributed by atoms with Gasteiger partial charge in [0, 0.05) is 5.57 Å². The van der Waals surface area contributed by atoms with Crippen LogP contribution in [0.4, 0.5) is 0 Å². The molecule has 4 unspecified atom stereocenters. The monoisotopic (exact) mass is 163 g/mol. The molecule has 0 amide bonds. The summed E-state index contributed by atoms with van der Waals surface area (Å²) in [5.74, 6) is -0.565. The van der Waals surface area contributed by atoms with Gasteiger partial charge in [0.05, 0.1) is 5.92 Å². The third-order valence-electron chi connectivity index (χ3n) is 2.82. The molecule has 3 saturated heterocycles. The number of fused-ring (bicyclic) bond motifs is 2. The maximum Gasteiger partial charge on any atom is 0.298 e. The molecule has 0 saturated carbocycles. The number of rotatable bonds is 0. The van der Waals surface area contributed by atoms with Crippen molar-refractivity contribution < 1.29 is 14.4 Å². The number of hydrogen-bond donors (Lipinski definition) is 0. The van der Waals surface area contributed by atoms with Gasteiger partial charge in [0.15, 0.2) is 12.0 Å². The lowest BCUT2D eigenvalue weighted by Crippen LogP contribution is -2.39. The van der Waals surface area contributed by atoms with Crippen molar-refractivity contribution in [1.82, 2.24) is 5.06 Å². The number of hydroxylamine groups is 2. The van der Waals surface area contributed by atoms with Crippen LogP contribution in [0, 0.1) is 5.92 Å². The van der Waals surface area contributed by atoms with E-state index in [1.807, 2.05) is 6.08 Å². The molecule has 1 aliphatic carbocycles. The second kappa shape index (κ2) is 1.31. The predicted octanol–water partition coefficient (Wildman–Crippen LogP) is -0.0612. The fourth-order valence-corrected chi connectivity index (χ4v) is 2.22. The Kier molecular flexibility index (Phi) is 0.613. The lowest BCUT2D eigenvalue weighted by Gasteiger charge is -2.18. The van der Waals surface area contributed by atoms with E-state index in [1.165, 1.54) is 0 Å². The van der Waals surface area contributed by atoms with Crippen molar-refractivity contribution in [2.45, 2.75) is 12.1 Å². The summed E-state index contributed by atoms with van der Waals surface area (Å²) < 4.78 is 5.40. The van der Waals surface area contributed by atoms with E-state index in [0.717, 1.165) is 5.57 Å². The second-order valence-corrected chi connectivity index (χ2v) is 3.37. The highest BCUT2D eigenvalue weighted by Gasteiger charge is 2.84.